The van der Waals surface area contributed by atoms with Crippen LogP contribution >= 0.6 is 11.3 Å². The van der Waals surface area contributed by atoms with Gasteiger partial charge in [0, 0.05) is 16.4 Å². The summed E-state index contributed by atoms with van der Waals surface area (Å²) in [6, 6.07) is 4.46. The van der Waals surface area contributed by atoms with E-state index in [0.717, 1.165) is 25.9 Å². The van der Waals surface area contributed by atoms with Gasteiger partial charge in [-0.05, 0) is 45.2 Å². The maximum Gasteiger partial charge on any atom is 0.244 e. The SMILES string of the molecule is CCC1(C)NC(c2ccc(C)s2)N(C2CCCOC2)C1=O. The lowest BCUT2D eigenvalue weighted by molar-refractivity contribution is -0.137. The topological polar surface area (TPSA) is 41.6 Å². The minimum Gasteiger partial charge on any atom is -0.379 e. The predicted molar refractivity (Wildman–Crippen MR) is 84.3 cm³/mol. The quantitative estimate of drug-likeness (QED) is 0.933. The molecule has 3 atom stereocenters. The third-order valence-electron chi connectivity index (χ3n) is 4.71. The highest BCUT2D eigenvalue weighted by atomic mass is 32.1. The Morgan fingerprint density at radius 1 is 1.52 bits per heavy atom. The first kappa shape index (κ1) is 15.0. The average molecular weight is 308 g/mol. The largest absolute Gasteiger partial charge is 0.379 e. The number of nitrogens with zero attached hydrogens (tertiary/aromatic N) is 1. The van der Waals surface area contributed by atoms with Crippen molar-refractivity contribution in [1.29, 1.82) is 0 Å². The van der Waals surface area contributed by atoms with Crippen LogP contribution in [-0.2, 0) is 9.53 Å². The molecule has 0 bridgehead atoms. The number of thiophene rings is 1. The summed E-state index contributed by atoms with van der Waals surface area (Å²) in [5.41, 5.74) is -0.458. The van der Waals surface area contributed by atoms with Gasteiger partial charge in [-0.25, -0.2) is 0 Å². The molecular weight excluding hydrogens is 284 g/mol. The van der Waals surface area contributed by atoms with Crippen LogP contribution < -0.4 is 5.32 Å². The van der Waals surface area contributed by atoms with Gasteiger partial charge in [0.15, 0.2) is 0 Å². The van der Waals surface area contributed by atoms with Gasteiger partial charge in [-0.2, -0.15) is 0 Å². The van der Waals surface area contributed by atoms with Crippen molar-refractivity contribution in [2.24, 2.45) is 0 Å². The number of nitrogens with one attached hydrogen (secondary N) is 1. The highest BCUT2D eigenvalue weighted by Gasteiger charge is 2.50. The van der Waals surface area contributed by atoms with Gasteiger partial charge in [0.1, 0.15) is 6.17 Å². The molecule has 0 aliphatic carbocycles. The summed E-state index contributed by atoms with van der Waals surface area (Å²) in [5.74, 6) is 0.219. The van der Waals surface area contributed by atoms with Crippen LogP contribution in [0.5, 0.6) is 0 Å². The van der Waals surface area contributed by atoms with Crippen LogP contribution in [0.25, 0.3) is 0 Å². The Balaban J connectivity index is 1.93. The first-order valence-corrected chi connectivity index (χ1v) is 8.61. The highest BCUT2D eigenvalue weighted by molar-refractivity contribution is 7.12. The van der Waals surface area contributed by atoms with E-state index in [1.54, 1.807) is 11.3 Å². The zero-order chi connectivity index (χ0) is 15.0. The number of carbonyl (C=O) groups is 1. The Labute approximate surface area is 130 Å². The monoisotopic (exact) mass is 308 g/mol. The van der Waals surface area contributed by atoms with Crippen molar-refractivity contribution in [3.63, 3.8) is 0 Å². The fourth-order valence-corrected chi connectivity index (χ4v) is 4.14. The Hall–Kier alpha value is -0.910. The van der Waals surface area contributed by atoms with Gasteiger partial charge in [-0.1, -0.05) is 6.92 Å². The van der Waals surface area contributed by atoms with E-state index in [1.165, 1.54) is 9.75 Å². The van der Waals surface area contributed by atoms with Crippen molar-refractivity contribution in [1.82, 2.24) is 10.2 Å². The molecule has 1 aromatic heterocycles. The molecular formula is C16H24N2O2S. The fraction of sp³-hybridized carbons (Fsp3) is 0.688. The first-order chi connectivity index (χ1) is 10.0. The van der Waals surface area contributed by atoms with Crippen LogP contribution in [0.2, 0.25) is 0 Å². The molecule has 2 aliphatic heterocycles. The Morgan fingerprint density at radius 3 is 2.90 bits per heavy atom. The van der Waals surface area contributed by atoms with Gasteiger partial charge >= 0.3 is 0 Å². The molecule has 3 unspecified atom stereocenters. The van der Waals surface area contributed by atoms with Crippen molar-refractivity contribution < 1.29 is 9.53 Å². The standard InChI is InChI=1S/C16H24N2O2S/c1-4-16(3)15(19)18(12-6-5-9-20-10-12)14(17-16)13-8-7-11(2)21-13/h7-8,12,14,17H,4-6,9-10H2,1-3H3. The summed E-state index contributed by atoms with van der Waals surface area (Å²) in [5, 5.41) is 3.58. The summed E-state index contributed by atoms with van der Waals surface area (Å²) in [6.45, 7) is 7.68. The number of hydrogen-bond acceptors (Lipinski definition) is 4. The molecule has 0 aromatic carbocycles. The van der Waals surface area contributed by atoms with E-state index in [-0.39, 0.29) is 18.1 Å². The Kier molecular flexibility index (Phi) is 4.08. The molecule has 0 spiro atoms. The summed E-state index contributed by atoms with van der Waals surface area (Å²) in [7, 11) is 0. The van der Waals surface area contributed by atoms with Crippen LogP contribution in [0.15, 0.2) is 12.1 Å². The summed E-state index contributed by atoms with van der Waals surface area (Å²) in [6.07, 6.45) is 2.87. The third kappa shape index (κ3) is 2.62. The summed E-state index contributed by atoms with van der Waals surface area (Å²) < 4.78 is 5.62. The van der Waals surface area contributed by atoms with Gasteiger partial charge in [0.05, 0.1) is 18.2 Å². The lowest BCUT2D eigenvalue weighted by atomic mass is 9.98. The highest BCUT2D eigenvalue weighted by Crippen LogP contribution is 2.38. The molecule has 2 fully saturated rings. The number of amides is 1. The number of ether oxygens (including phenoxy) is 1. The Bertz CT molecular complexity index is 524. The minimum atomic E-state index is -0.458. The van der Waals surface area contributed by atoms with Crippen molar-refractivity contribution in [3.05, 3.63) is 21.9 Å². The molecule has 1 aromatic rings. The van der Waals surface area contributed by atoms with Crippen LogP contribution in [0.4, 0.5) is 0 Å². The van der Waals surface area contributed by atoms with E-state index in [9.17, 15) is 4.79 Å². The fourth-order valence-electron chi connectivity index (χ4n) is 3.22. The van der Waals surface area contributed by atoms with E-state index in [4.69, 9.17) is 4.74 Å². The number of rotatable bonds is 3. The van der Waals surface area contributed by atoms with E-state index >= 15 is 0 Å². The van der Waals surface area contributed by atoms with Gasteiger partial charge in [-0.15, -0.1) is 11.3 Å². The molecule has 4 nitrogen and oxygen atoms in total. The summed E-state index contributed by atoms with van der Waals surface area (Å²) >= 11 is 1.77. The van der Waals surface area contributed by atoms with Crippen LogP contribution in [0.1, 0.15) is 49.0 Å². The van der Waals surface area contributed by atoms with Crippen molar-refractivity contribution in [2.45, 2.75) is 57.8 Å². The van der Waals surface area contributed by atoms with E-state index < -0.39 is 5.54 Å². The minimum absolute atomic E-state index is 0.00662. The normalized spacial score (nSPS) is 33.7. The Morgan fingerprint density at radius 2 is 2.33 bits per heavy atom. The molecule has 1 amide bonds. The molecule has 0 radical (unpaired) electrons. The molecule has 0 saturated carbocycles. The van der Waals surface area contributed by atoms with Crippen molar-refractivity contribution in [2.75, 3.05) is 13.2 Å². The van der Waals surface area contributed by atoms with Gasteiger partial charge in [0.2, 0.25) is 5.91 Å². The first-order valence-electron chi connectivity index (χ1n) is 7.79. The van der Waals surface area contributed by atoms with E-state index in [0.29, 0.717) is 6.61 Å². The molecule has 3 rings (SSSR count). The smallest absolute Gasteiger partial charge is 0.244 e. The molecule has 2 aliphatic rings. The van der Waals surface area contributed by atoms with Crippen LogP contribution in [-0.4, -0.2) is 35.6 Å². The van der Waals surface area contributed by atoms with Gasteiger partial charge in [-0.3, -0.25) is 10.1 Å². The van der Waals surface area contributed by atoms with E-state index in [2.05, 4.69) is 31.3 Å². The maximum absolute atomic E-state index is 13.0. The lowest BCUT2D eigenvalue weighted by Crippen LogP contribution is -2.47. The van der Waals surface area contributed by atoms with E-state index in [1.807, 2.05) is 11.8 Å². The number of hydrogen-bond donors (Lipinski definition) is 1. The molecule has 21 heavy (non-hydrogen) atoms. The zero-order valence-corrected chi connectivity index (χ0v) is 13.8. The van der Waals surface area contributed by atoms with Gasteiger partial charge in [0.25, 0.3) is 0 Å². The number of aryl methyl sites for hydroxylation is 1. The lowest BCUT2D eigenvalue weighted by Gasteiger charge is -2.34. The predicted octanol–water partition coefficient (Wildman–Crippen LogP) is 2.83. The second kappa shape index (κ2) is 5.71. The molecule has 116 valence electrons. The third-order valence-corrected chi connectivity index (χ3v) is 5.76. The average Bonchev–Trinajstić information content (AvgIpc) is 3.03. The summed E-state index contributed by atoms with van der Waals surface area (Å²) in [4.78, 5) is 17.5. The maximum atomic E-state index is 13.0. The van der Waals surface area contributed by atoms with Crippen LogP contribution in [0.3, 0.4) is 0 Å². The van der Waals surface area contributed by atoms with Crippen LogP contribution in [0, 0.1) is 6.92 Å². The second-order valence-corrected chi connectivity index (χ2v) is 7.58. The zero-order valence-electron chi connectivity index (χ0n) is 13.0. The second-order valence-electron chi connectivity index (χ2n) is 6.26. The van der Waals surface area contributed by atoms with Gasteiger partial charge < -0.3 is 9.64 Å². The molecule has 1 N–H and O–H groups in total. The molecule has 2 saturated heterocycles. The van der Waals surface area contributed by atoms with Crippen molar-refractivity contribution in [3.8, 4) is 0 Å². The van der Waals surface area contributed by atoms with Crippen molar-refractivity contribution >= 4 is 17.2 Å². The molecule has 3 heterocycles. The molecule has 5 heteroatoms. The number of carbonyl (C=O) groups excluding carboxylic acids is 1.